The molecule has 348 valence electrons. The van der Waals surface area contributed by atoms with Gasteiger partial charge >= 0.3 is 0 Å². The maximum absolute atomic E-state index is 9.19. The Hall–Kier alpha value is -6.42. The summed E-state index contributed by atoms with van der Waals surface area (Å²) in [5.41, 5.74) is 4.62. The third-order valence-electron chi connectivity index (χ3n) is 14.9. The van der Waals surface area contributed by atoms with Gasteiger partial charge in [0, 0.05) is 60.7 Å². The zero-order valence-electron chi connectivity index (χ0n) is 53.3. The number of ether oxygens (including phenoxy) is 2. The minimum absolute atomic E-state index is 0.0835. The highest BCUT2D eigenvalue weighted by Crippen LogP contribution is 2.55. The van der Waals surface area contributed by atoms with Crippen molar-refractivity contribution in [3.05, 3.63) is 213 Å². The summed E-state index contributed by atoms with van der Waals surface area (Å²) in [5, 5.41) is 3.82. The van der Waals surface area contributed by atoms with E-state index in [2.05, 4.69) is 102 Å². The molecule has 2 aliphatic rings. The fourth-order valence-electron chi connectivity index (χ4n) is 11.3. The standard InChI is InChI=1S/C66H68O2Si/c1-41-25-31-53-57(37-41)67-61-55(65(53,11)12)33-27-43(3)59(61)49-39-47(29-35-51(49)63(5,6)7)69(45-21-17-15-18-22-45,46-23-19-16-20-24-46)48-30-36-52(64(8,9)10)50(40-48)60-44(4)28-34-56-62(60)68-58-38-42(2)26-32-54(58)66(56,13)14/h15-40H,1-14H3/i1D3,2D3,3D3,4D3. The molecule has 0 atom stereocenters. The zero-order chi connectivity index (χ0) is 59.0. The molecule has 2 aliphatic heterocycles. The molecule has 8 aromatic carbocycles. The molecular formula is C66H68O2Si. The summed E-state index contributed by atoms with van der Waals surface area (Å²) in [6, 6.07) is 50.5. The van der Waals surface area contributed by atoms with E-state index in [1.165, 1.54) is 0 Å². The van der Waals surface area contributed by atoms with E-state index in [0.717, 1.165) is 54.1 Å². The van der Waals surface area contributed by atoms with Gasteiger partial charge in [0.05, 0.1) is 0 Å². The molecule has 0 bridgehead atoms. The summed E-state index contributed by atoms with van der Waals surface area (Å²) >= 11 is 0. The van der Waals surface area contributed by atoms with Gasteiger partial charge in [-0.15, -0.1) is 0 Å². The van der Waals surface area contributed by atoms with E-state index in [0.29, 0.717) is 45.3 Å². The highest BCUT2D eigenvalue weighted by Gasteiger charge is 2.45. The molecule has 0 saturated heterocycles. The van der Waals surface area contributed by atoms with Crippen molar-refractivity contribution in [2.24, 2.45) is 0 Å². The fourth-order valence-corrected chi connectivity index (χ4v) is 16.1. The average Bonchev–Trinajstić information content (AvgIpc) is 2.59. The van der Waals surface area contributed by atoms with Crippen molar-refractivity contribution in [1.29, 1.82) is 0 Å². The van der Waals surface area contributed by atoms with E-state index in [1.807, 2.05) is 76.2 Å². The minimum atomic E-state index is -3.71. The Morgan fingerprint density at radius 2 is 0.797 bits per heavy atom. The molecule has 0 N–H and O–H groups in total. The highest BCUT2D eigenvalue weighted by atomic mass is 28.3. The van der Waals surface area contributed by atoms with Crippen LogP contribution in [0.2, 0.25) is 0 Å². The van der Waals surface area contributed by atoms with Crippen LogP contribution >= 0.6 is 0 Å². The van der Waals surface area contributed by atoms with Gasteiger partial charge in [0.2, 0.25) is 0 Å². The lowest BCUT2D eigenvalue weighted by molar-refractivity contribution is 0.418. The first kappa shape index (κ1) is 34.0. The number of hydrogen-bond donors (Lipinski definition) is 0. The SMILES string of the molecule is [2H]C([2H])([2H])c1ccc2c(c1)Oc1c(ccc(C([2H])([2H])[2H])c1-c1cc([Si](c3ccccc3)(c3ccccc3)c3ccc(C(C)(C)C)c(-c4c(C([2H])([2H])[2H])ccc5c4Oc4cc(C([2H])([2H])[2H])ccc4C5(C)C)c3)ccc1C(C)(C)C)C2(C)C. The molecule has 0 unspecified atom stereocenters. The monoisotopic (exact) mass is 933 g/mol. The number of fused-ring (bicyclic) bond motifs is 4. The van der Waals surface area contributed by atoms with Gasteiger partial charge in [-0.25, -0.2) is 0 Å². The maximum atomic E-state index is 9.19. The molecule has 10 rings (SSSR count). The summed E-state index contributed by atoms with van der Waals surface area (Å²) < 4.78 is 119. The largest absolute Gasteiger partial charge is 0.456 e. The van der Waals surface area contributed by atoms with Crippen LogP contribution in [0, 0.1) is 27.4 Å². The maximum Gasteiger partial charge on any atom is 0.179 e. The van der Waals surface area contributed by atoms with Crippen LogP contribution in [0.4, 0.5) is 0 Å². The van der Waals surface area contributed by atoms with Gasteiger partial charge < -0.3 is 9.47 Å². The molecule has 0 aromatic heterocycles. The molecule has 2 heterocycles. The quantitative estimate of drug-likeness (QED) is 0.122. The Morgan fingerprint density at radius 3 is 1.16 bits per heavy atom. The van der Waals surface area contributed by atoms with Crippen molar-refractivity contribution in [2.75, 3.05) is 0 Å². The Balaban J connectivity index is 1.34. The van der Waals surface area contributed by atoms with Crippen LogP contribution in [0.25, 0.3) is 22.3 Å². The van der Waals surface area contributed by atoms with Crippen LogP contribution in [0.15, 0.2) is 158 Å². The predicted molar refractivity (Wildman–Crippen MR) is 295 cm³/mol. The van der Waals surface area contributed by atoms with Gasteiger partial charge in [0.25, 0.3) is 0 Å². The van der Waals surface area contributed by atoms with Crippen molar-refractivity contribution < 1.29 is 25.9 Å². The Labute approximate surface area is 430 Å². The first-order chi connectivity index (χ1) is 37.5. The Morgan fingerprint density at radius 1 is 0.406 bits per heavy atom. The third-order valence-corrected chi connectivity index (χ3v) is 19.6. The van der Waals surface area contributed by atoms with Crippen LogP contribution in [0.1, 0.15) is 141 Å². The smallest absolute Gasteiger partial charge is 0.179 e. The highest BCUT2D eigenvalue weighted by molar-refractivity contribution is 7.20. The molecule has 0 fully saturated rings. The lowest BCUT2D eigenvalue weighted by atomic mass is 9.73. The molecule has 0 radical (unpaired) electrons. The predicted octanol–water partition coefficient (Wildman–Crippen LogP) is 15.1. The summed E-state index contributed by atoms with van der Waals surface area (Å²) in [6.07, 6.45) is 0. The molecule has 69 heavy (non-hydrogen) atoms. The van der Waals surface area contributed by atoms with Crippen molar-refractivity contribution >= 4 is 28.8 Å². The summed E-state index contributed by atoms with van der Waals surface area (Å²) in [4.78, 5) is 0. The van der Waals surface area contributed by atoms with Crippen LogP contribution in [-0.4, -0.2) is 8.07 Å². The topological polar surface area (TPSA) is 18.5 Å². The molecule has 0 amide bonds. The summed E-state index contributed by atoms with van der Waals surface area (Å²) in [5.74, 6) is 1.37. The number of benzene rings is 8. The first-order valence-corrected chi connectivity index (χ1v) is 25.9. The molecule has 2 nitrogen and oxygen atoms in total. The van der Waals surface area contributed by atoms with Gasteiger partial charge in [0.1, 0.15) is 23.0 Å². The van der Waals surface area contributed by atoms with Crippen molar-refractivity contribution in [1.82, 2.24) is 0 Å². The van der Waals surface area contributed by atoms with E-state index in [1.54, 1.807) is 48.5 Å². The Kier molecular flexibility index (Phi) is 8.05. The molecule has 0 saturated carbocycles. The zero-order valence-corrected chi connectivity index (χ0v) is 42.3. The average molecular weight is 933 g/mol. The van der Waals surface area contributed by atoms with Crippen LogP contribution < -0.4 is 30.2 Å². The minimum Gasteiger partial charge on any atom is -0.456 e. The van der Waals surface area contributed by atoms with Crippen molar-refractivity contribution in [3.63, 3.8) is 0 Å². The summed E-state index contributed by atoms with van der Waals surface area (Å²) in [7, 11) is -3.71. The molecule has 0 aliphatic carbocycles. The van der Waals surface area contributed by atoms with E-state index in [4.69, 9.17) is 17.7 Å². The second-order valence-electron chi connectivity index (χ2n) is 22.1. The number of rotatable bonds is 6. The third kappa shape index (κ3) is 7.42. The van der Waals surface area contributed by atoms with E-state index in [9.17, 15) is 8.22 Å². The second-order valence-corrected chi connectivity index (χ2v) is 25.9. The van der Waals surface area contributed by atoms with Gasteiger partial charge in [-0.3, -0.25) is 0 Å². The van der Waals surface area contributed by atoms with Crippen LogP contribution in [-0.2, 0) is 21.7 Å². The molecule has 0 spiro atoms. The van der Waals surface area contributed by atoms with Gasteiger partial charge in [0.15, 0.2) is 8.07 Å². The summed E-state index contributed by atoms with van der Waals surface area (Å²) in [6.45, 7) is 10.7. The first-order valence-electron chi connectivity index (χ1n) is 29.9. The van der Waals surface area contributed by atoms with Crippen LogP contribution in [0.3, 0.4) is 0 Å². The lowest BCUT2D eigenvalue weighted by Crippen LogP contribution is -2.74. The van der Waals surface area contributed by atoms with Crippen LogP contribution in [0.5, 0.6) is 23.0 Å². The van der Waals surface area contributed by atoms with Gasteiger partial charge in [-0.1, -0.05) is 215 Å². The van der Waals surface area contributed by atoms with E-state index < -0.39 is 57.1 Å². The molecular weight excluding hydrogens is 853 g/mol. The Bertz CT molecular complexity index is 3530. The molecule has 3 heteroatoms. The van der Waals surface area contributed by atoms with Crippen molar-refractivity contribution in [3.8, 4) is 45.3 Å². The lowest BCUT2D eigenvalue weighted by Gasteiger charge is -2.39. The number of aryl methyl sites for hydroxylation is 4. The number of hydrogen-bond acceptors (Lipinski definition) is 2. The fraction of sp³-hybridized carbons (Fsp3) is 0.273. The molecule has 8 aromatic rings. The van der Waals surface area contributed by atoms with E-state index in [-0.39, 0.29) is 22.3 Å². The second kappa shape index (κ2) is 16.3. The van der Waals surface area contributed by atoms with Crippen molar-refractivity contribution in [2.45, 2.75) is 118 Å². The van der Waals surface area contributed by atoms with E-state index >= 15 is 0 Å². The normalized spacial score (nSPS) is 18.0. The van der Waals surface area contributed by atoms with Gasteiger partial charge in [-0.05, 0) is 116 Å². The van der Waals surface area contributed by atoms with Gasteiger partial charge in [-0.2, -0.15) is 0 Å².